The molecule has 116 valence electrons. The largest absolute Gasteiger partial charge is 0.476 e. The van der Waals surface area contributed by atoms with E-state index in [2.05, 4.69) is 5.32 Å². The molecule has 1 unspecified atom stereocenters. The maximum atomic E-state index is 13.8. The average molecular weight is 340 g/mol. The van der Waals surface area contributed by atoms with Crippen molar-refractivity contribution >= 4 is 25.6 Å². The van der Waals surface area contributed by atoms with Crippen LogP contribution in [0.2, 0.25) is 0 Å². The second-order valence-electron chi connectivity index (χ2n) is 4.55. The quantitative estimate of drug-likeness (QED) is 0.854. The first-order valence-corrected chi connectivity index (χ1v) is 8.48. The summed E-state index contributed by atoms with van der Waals surface area (Å²) >= 11 is 0. The van der Waals surface area contributed by atoms with E-state index in [-0.39, 0.29) is 0 Å². The topological polar surface area (TPSA) is 72.5 Å². The number of benzene rings is 1. The number of rotatable bonds is 3. The molecule has 0 bridgehead atoms. The van der Waals surface area contributed by atoms with E-state index < -0.39 is 43.3 Å². The molecule has 0 radical (unpaired) electrons. The van der Waals surface area contributed by atoms with Crippen molar-refractivity contribution in [1.82, 2.24) is 5.32 Å². The Balaban J connectivity index is 2.41. The molecule has 1 aromatic rings. The number of amides is 1. The van der Waals surface area contributed by atoms with Crippen LogP contribution < -0.4 is 10.1 Å². The van der Waals surface area contributed by atoms with Gasteiger partial charge in [-0.1, -0.05) is 0 Å². The molecule has 0 aromatic heterocycles. The highest BCUT2D eigenvalue weighted by Crippen LogP contribution is 2.32. The van der Waals surface area contributed by atoms with Gasteiger partial charge in [-0.3, -0.25) is 4.79 Å². The third-order valence-corrected chi connectivity index (χ3v) is 4.31. The van der Waals surface area contributed by atoms with Crippen LogP contribution in [-0.4, -0.2) is 27.0 Å². The first kappa shape index (κ1) is 16.0. The van der Waals surface area contributed by atoms with Gasteiger partial charge in [0, 0.05) is 23.3 Å². The molecule has 0 aliphatic carbocycles. The summed E-state index contributed by atoms with van der Waals surface area (Å²) < 4.78 is 54.9. The van der Waals surface area contributed by atoms with Gasteiger partial charge in [-0.2, -0.15) is 0 Å². The smallest absolute Gasteiger partial charge is 0.265 e. The van der Waals surface area contributed by atoms with Crippen LogP contribution in [-0.2, 0) is 13.8 Å². The number of ether oxygens (including phenoxy) is 1. The predicted molar refractivity (Wildman–Crippen MR) is 70.7 cm³/mol. The summed E-state index contributed by atoms with van der Waals surface area (Å²) in [6, 6.07) is 1.02. The summed E-state index contributed by atoms with van der Waals surface area (Å²) in [6.45, 7) is 0.464. The molecular formula is C12H12ClF2NO4S. The van der Waals surface area contributed by atoms with Gasteiger partial charge < -0.3 is 10.1 Å². The van der Waals surface area contributed by atoms with Gasteiger partial charge in [0.2, 0.25) is 0 Å². The Kier molecular flexibility index (Phi) is 4.67. The Morgan fingerprint density at radius 1 is 1.29 bits per heavy atom. The first-order valence-electron chi connectivity index (χ1n) is 6.17. The van der Waals surface area contributed by atoms with Crippen molar-refractivity contribution in [3.05, 3.63) is 23.8 Å². The van der Waals surface area contributed by atoms with Gasteiger partial charge in [0.15, 0.2) is 17.7 Å². The number of halogens is 3. The van der Waals surface area contributed by atoms with Gasteiger partial charge in [0.25, 0.3) is 15.0 Å². The number of carbonyl (C=O) groups is 1. The van der Waals surface area contributed by atoms with Crippen molar-refractivity contribution in [2.24, 2.45) is 0 Å². The zero-order valence-electron chi connectivity index (χ0n) is 10.7. The van der Waals surface area contributed by atoms with Gasteiger partial charge in [-0.05, 0) is 25.3 Å². The molecule has 2 rings (SSSR count). The highest BCUT2D eigenvalue weighted by Gasteiger charge is 2.28. The summed E-state index contributed by atoms with van der Waals surface area (Å²) in [4.78, 5) is 10.9. The van der Waals surface area contributed by atoms with E-state index in [0.717, 1.165) is 6.42 Å². The minimum atomic E-state index is -4.42. The Labute approximate surface area is 124 Å². The summed E-state index contributed by atoms with van der Waals surface area (Å²) in [5, 5.41) is 2.56. The minimum Gasteiger partial charge on any atom is -0.476 e. The van der Waals surface area contributed by atoms with Crippen LogP contribution in [0.15, 0.2) is 17.0 Å². The molecule has 1 saturated heterocycles. The number of carbonyl (C=O) groups excluding carboxylic acids is 1. The van der Waals surface area contributed by atoms with Crippen LogP contribution in [0.25, 0.3) is 0 Å². The van der Waals surface area contributed by atoms with E-state index in [1.54, 1.807) is 0 Å². The molecule has 1 N–H and O–H groups in total. The van der Waals surface area contributed by atoms with Gasteiger partial charge >= 0.3 is 0 Å². The molecule has 1 aliphatic rings. The third kappa shape index (κ3) is 3.82. The molecule has 1 aliphatic heterocycles. The molecule has 9 heteroatoms. The van der Waals surface area contributed by atoms with E-state index in [1.165, 1.54) is 0 Å². The third-order valence-electron chi connectivity index (χ3n) is 2.98. The molecule has 1 amide bonds. The van der Waals surface area contributed by atoms with E-state index in [1.807, 2.05) is 0 Å². The van der Waals surface area contributed by atoms with Crippen LogP contribution in [0.1, 0.15) is 19.3 Å². The fourth-order valence-electron chi connectivity index (χ4n) is 2.00. The lowest BCUT2D eigenvalue weighted by Crippen LogP contribution is -2.36. The van der Waals surface area contributed by atoms with Gasteiger partial charge in [-0.15, -0.1) is 0 Å². The lowest BCUT2D eigenvalue weighted by Gasteiger charge is -2.18. The number of hydrogen-bond acceptors (Lipinski definition) is 4. The monoisotopic (exact) mass is 339 g/mol. The van der Waals surface area contributed by atoms with Crippen molar-refractivity contribution in [1.29, 1.82) is 0 Å². The van der Waals surface area contributed by atoms with Crippen LogP contribution in [0, 0.1) is 11.6 Å². The Bertz CT molecular complexity index is 665. The Hall–Kier alpha value is -1.41. The van der Waals surface area contributed by atoms with Crippen molar-refractivity contribution in [2.75, 3.05) is 6.54 Å². The standard InChI is InChI=1S/C12H12ClF2NO4S/c13-21(18,19)10-6-7(14)5-8(15)11(10)20-9-3-1-2-4-16-12(9)17/h5-6,9H,1-4H2,(H,16,17). The SMILES string of the molecule is O=C1NCCCCC1Oc1c(F)cc(F)cc1S(=O)(=O)Cl. The molecule has 5 nitrogen and oxygen atoms in total. The van der Waals surface area contributed by atoms with Crippen molar-refractivity contribution < 1.29 is 26.7 Å². The summed E-state index contributed by atoms with van der Waals surface area (Å²) in [5.74, 6) is -3.56. The maximum Gasteiger partial charge on any atom is 0.265 e. The van der Waals surface area contributed by atoms with Crippen LogP contribution in [0.5, 0.6) is 5.75 Å². The number of nitrogens with one attached hydrogen (secondary N) is 1. The normalized spacial score (nSPS) is 19.8. The fourth-order valence-corrected chi connectivity index (χ4v) is 2.96. The van der Waals surface area contributed by atoms with E-state index in [4.69, 9.17) is 15.4 Å². The first-order chi connectivity index (χ1) is 9.79. The van der Waals surface area contributed by atoms with Crippen molar-refractivity contribution in [2.45, 2.75) is 30.3 Å². The zero-order chi connectivity index (χ0) is 15.6. The molecule has 21 heavy (non-hydrogen) atoms. The summed E-state index contributed by atoms with van der Waals surface area (Å²) in [6.07, 6.45) is 0.627. The lowest BCUT2D eigenvalue weighted by atomic mass is 10.2. The van der Waals surface area contributed by atoms with Crippen molar-refractivity contribution in [3.8, 4) is 5.75 Å². The molecular weight excluding hydrogens is 328 g/mol. The summed E-state index contributed by atoms with van der Waals surface area (Å²) in [7, 11) is 0.732. The van der Waals surface area contributed by atoms with Crippen molar-refractivity contribution in [3.63, 3.8) is 0 Å². The lowest BCUT2D eigenvalue weighted by molar-refractivity contribution is -0.127. The minimum absolute atomic E-state index is 0.296. The molecule has 0 spiro atoms. The average Bonchev–Trinajstić information content (AvgIpc) is 2.56. The molecule has 1 aromatic carbocycles. The van der Waals surface area contributed by atoms with Crippen LogP contribution >= 0.6 is 10.7 Å². The molecule has 1 atom stereocenters. The van der Waals surface area contributed by atoms with Gasteiger partial charge in [-0.25, -0.2) is 17.2 Å². The zero-order valence-corrected chi connectivity index (χ0v) is 12.3. The van der Waals surface area contributed by atoms with E-state index in [0.29, 0.717) is 31.5 Å². The maximum absolute atomic E-state index is 13.8. The second-order valence-corrected chi connectivity index (χ2v) is 7.08. The van der Waals surface area contributed by atoms with E-state index >= 15 is 0 Å². The second kappa shape index (κ2) is 6.15. The Morgan fingerprint density at radius 2 is 2.00 bits per heavy atom. The number of hydrogen-bond donors (Lipinski definition) is 1. The summed E-state index contributed by atoms with van der Waals surface area (Å²) in [5.41, 5.74) is 0. The van der Waals surface area contributed by atoms with Gasteiger partial charge in [0.1, 0.15) is 10.7 Å². The molecule has 0 saturated carbocycles. The molecule has 1 heterocycles. The van der Waals surface area contributed by atoms with Crippen LogP contribution in [0.3, 0.4) is 0 Å². The highest BCUT2D eigenvalue weighted by molar-refractivity contribution is 8.13. The van der Waals surface area contributed by atoms with Gasteiger partial charge in [0.05, 0.1) is 0 Å². The highest BCUT2D eigenvalue weighted by atomic mass is 35.7. The Morgan fingerprint density at radius 3 is 2.67 bits per heavy atom. The van der Waals surface area contributed by atoms with E-state index in [9.17, 15) is 22.0 Å². The van der Waals surface area contributed by atoms with Crippen LogP contribution in [0.4, 0.5) is 8.78 Å². The fraction of sp³-hybridized carbons (Fsp3) is 0.417. The molecule has 1 fully saturated rings. The predicted octanol–water partition coefficient (Wildman–Crippen LogP) is 1.94.